The predicted octanol–water partition coefficient (Wildman–Crippen LogP) is 3.37. The van der Waals surface area contributed by atoms with Crippen LogP contribution in [-0.2, 0) is 0 Å². The second kappa shape index (κ2) is 8.11. The predicted molar refractivity (Wildman–Crippen MR) is 105 cm³/mol. The minimum absolute atomic E-state index is 0.225. The van der Waals surface area contributed by atoms with Crippen LogP contribution in [0.1, 0.15) is 10.4 Å². The van der Waals surface area contributed by atoms with Gasteiger partial charge < -0.3 is 20.0 Å². The van der Waals surface area contributed by atoms with Gasteiger partial charge in [-0.3, -0.25) is 0 Å². The number of rotatable bonds is 5. The second-order valence-corrected chi connectivity index (χ2v) is 6.00. The van der Waals surface area contributed by atoms with Crippen LogP contribution in [0, 0.1) is 0 Å². The number of nitrogens with zero attached hydrogens (tertiary/aromatic N) is 4. The average molecular weight is 378 g/mol. The van der Waals surface area contributed by atoms with E-state index in [9.17, 15) is 15.0 Å². The number of carbonyl (C=O) groups is 1. The van der Waals surface area contributed by atoms with Gasteiger partial charge in [-0.1, -0.05) is 0 Å². The number of hydrogen-bond donors (Lipinski definition) is 2. The molecule has 8 heteroatoms. The van der Waals surface area contributed by atoms with Crippen molar-refractivity contribution < 1.29 is 19.8 Å². The van der Waals surface area contributed by atoms with E-state index in [0.29, 0.717) is 10.4 Å². The van der Waals surface area contributed by atoms with Crippen LogP contribution in [0.3, 0.4) is 0 Å². The van der Waals surface area contributed by atoms with Crippen molar-refractivity contribution in [3.8, 4) is 11.8 Å². The smallest absolute Gasteiger partial charge is 0.363 e. The SMILES string of the molecule is CN(C)c1ccc(N=C=Nc2ccc(C(=O)On3c(O)ccc3O)cc2)cc1. The summed E-state index contributed by atoms with van der Waals surface area (Å²) < 4.78 is 0.628. The fourth-order valence-corrected chi connectivity index (χ4v) is 2.27. The lowest BCUT2D eigenvalue weighted by molar-refractivity contribution is 0.0382. The molecule has 0 amide bonds. The molecule has 142 valence electrons. The van der Waals surface area contributed by atoms with E-state index in [1.54, 1.807) is 12.1 Å². The normalized spacial score (nSPS) is 10.1. The Morgan fingerprint density at radius 3 is 1.89 bits per heavy atom. The van der Waals surface area contributed by atoms with Crippen LogP contribution in [0.15, 0.2) is 70.6 Å². The van der Waals surface area contributed by atoms with E-state index in [-0.39, 0.29) is 17.3 Å². The molecule has 0 radical (unpaired) electrons. The van der Waals surface area contributed by atoms with Crippen molar-refractivity contribution in [2.24, 2.45) is 9.98 Å². The number of aromatic hydroxyl groups is 2. The molecule has 8 nitrogen and oxygen atoms in total. The highest BCUT2D eigenvalue weighted by atomic mass is 16.7. The fourth-order valence-electron chi connectivity index (χ4n) is 2.27. The molecule has 2 N–H and O–H groups in total. The van der Waals surface area contributed by atoms with E-state index >= 15 is 0 Å². The minimum Gasteiger partial charge on any atom is -0.492 e. The van der Waals surface area contributed by atoms with Crippen LogP contribution >= 0.6 is 0 Å². The van der Waals surface area contributed by atoms with Crippen molar-refractivity contribution in [3.05, 3.63) is 66.2 Å². The minimum atomic E-state index is -0.744. The van der Waals surface area contributed by atoms with Gasteiger partial charge in [-0.05, 0) is 48.5 Å². The summed E-state index contributed by atoms with van der Waals surface area (Å²) in [5, 5.41) is 19.0. The molecule has 3 rings (SSSR count). The summed E-state index contributed by atoms with van der Waals surface area (Å²) in [6.45, 7) is 0. The van der Waals surface area contributed by atoms with E-state index in [4.69, 9.17) is 4.84 Å². The highest BCUT2D eigenvalue weighted by molar-refractivity contribution is 5.90. The zero-order chi connectivity index (χ0) is 20.1. The summed E-state index contributed by atoms with van der Waals surface area (Å²) in [5.41, 5.74) is 2.57. The molecule has 0 aliphatic carbocycles. The van der Waals surface area contributed by atoms with Gasteiger partial charge in [-0.2, -0.15) is 9.98 Å². The van der Waals surface area contributed by atoms with Gasteiger partial charge in [0.05, 0.1) is 16.9 Å². The zero-order valence-electron chi connectivity index (χ0n) is 15.3. The van der Waals surface area contributed by atoms with Crippen LogP contribution in [0.5, 0.6) is 11.8 Å². The first-order valence-electron chi connectivity index (χ1n) is 8.30. The molecule has 0 bridgehead atoms. The maximum atomic E-state index is 12.1. The van der Waals surface area contributed by atoms with E-state index in [1.807, 2.05) is 43.3 Å². The molecular weight excluding hydrogens is 360 g/mol. The summed E-state index contributed by atoms with van der Waals surface area (Å²) in [6, 6.07) is 18.9. The van der Waals surface area contributed by atoms with Gasteiger partial charge in [0.1, 0.15) is 6.01 Å². The van der Waals surface area contributed by atoms with Gasteiger partial charge in [0, 0.05) is 31.9 Å². The quantitative estimate of drug-likeness (QED) is 0.663. The molecule has 0 aliphatic heterocycles. The van der Waals surface area contributed by atoms with Crippen molar-refractivity contribution in [2.75, 3.05) is 19.0 Å². The van der Waals surface area contributed by atoms with Gasteiger partial charge >= 0.3 is 5.97 Å². The van der Waals surface area contributed by atoms with Gasteiger partial charge in [-0.15, -0.1) is 4.73 Å². The van der Waals surface area contributed by atoms with Crippen LogP contribution in [0.25, 0.3) is 0 Å². The summed E-state index contributed by atoms with van der Waals surface area (Å²) in [5.74, 6) is -1.52. The molecule has 2 aromatic carbocycles. The van der Waals surface area contributed by atoms with Crippen LogP contribution in [0.2, 0.25) is 0 Å². The van der Waals surface area contributed by atoms with Crippen LogP contribution in [-0.4, -0.2) is 41.0 Å². The lowest BCUT2D eigenvalue weighted by Crippen LogP contribution is -2.18. The molecule has 1 heterocycles. The Morgan fingerprint density at radius 1 is 0.893 bits per heavy atom. The van der Waals surface area contributed by atoms with Gasteiger partial charge in [0.15, 0.2) is 0 Å². The Hall–Kier alpha value is -4.03. The number of carbonyl (C=O) groups excluding carboxylic acids is 1. The second-order valence-electron chi connectivity index (χ2n) is 6.00. The maximum Gasteiger partial charge on any atom is 0.363 e. The summed E-state index contributed by atoms with van der Waals surface area (Å²) in [7, 11) is 3.92. The molecule has 0 fully saturated rings. The first-order valence-corrected chi connectivity index (χ1v) is 8.30. The van der Waals surface area contributed by atoms with Gasteiger partial charge in [0.2, 0.25) is 11.8 Å². The molecule has 0 saturated carbocycles. The molecule has 28 heavy (non-hydrogen) atoms. The molecule has 1 aromatic heterocycles. The third kappa shape index (κ3) is 4.38. The largest absolute Gasteiger partial charge is 0.492 e. The van der Waals surface area contributed by atoms with E-state index in [1.165, 1.54) is 24.3 Å². The Kier molecular flexibility index (Phi) is 5.43. The Bertz CT molecular complexity index is 1010. The third-order valence-corrected chi connectivity index (χ3v) is 3.80. The molecule has 0 spiro atoms. The number of benzene rings is 2. The van der Waals surface area contributed by atoms with E-state index in [0.717, 1.165) is 11.4 Å². The molecule has 0 atom stereocenters. The highest BCUT2D eigenvalue weighted by Crippen LogP contribution is 2.20. The van der Waals surface area contributed by atoms with Crippen molar-refractivity contribution in [1.29, 1.82) is 0 Å². The topological polar surface area (TPSA) is 99.7 Å². The first kappa shape index (κ1) is 18.8. The van der Waals surface area contributed by atoms with Crippen molar-refractivity contribution in [3.63, 3.8) is 0 Å². The molecule has 3 aromatic rings. The van der Waals surface area contributed by atoms with Crippen molar-refractivity contribution in [2.45, 2.75) is 0 Å². The van der Waals surface area contributed by atoms with E-state index in [2.05, 4.69) is 16.0 Å². The molecular formula is C20H18N4O4. The first-order chi connectivity index (χ1) is 13.4. The zero-order valence-corrected chi connectivity index (χ0v) is 15.3. The standard InChI is InChI=1S/C20H18N4O4/c1-23(2)17-9-7-16(8-10-17)22-13-21-15-5-3-14(4-6-15)20(27)28-24-18(25)11-12-19(24)26/h3-12,25-26H,1-2H3. The van der Waals surface area contributed by atoms with Crippen molar-refractivity contribution in [1.82, 2.24) is 4.73 Å². The highest BCUT2D eigenvalue weighted by Gasteiger charge is 2.13. The van der Waals surface area contributed by atoms with Crippen LogP contribution < -0.4 is 9.74 Å². The summed E-state index contributed by atoms with van der Waals surface area (Å²) in [6.07, 6.45) is 0. The summed E-state index contributed by atoms with van der Waals surface area (Å²) >= 11 is 0. The number of aromatic nitrogens is 1. The molecule has 0 saturated heterocycles. The Balaban J connectivity index is 1.66. The lowest BCUT2D eigenvalue weighted by atomic mass is 10.2. The number of hydrogen-bond acceptors (Lipinski definition) is 7. The third-order valence-electron chi connectivity index (χ3n) is 3.80. The lowest BCUT2D eigenvalue weighted by Gasteiger charge is -2.11. The average Bonchev–Trinajstić information content (AvgIpc) is 3.01. The number of aliphatic imine (C=N–C) groups is 2. The van der Waals surface area contributed by atoms with Crippen molar-refractivity contribution >= 4 is 29.0 Å². The number of anilines is 1. The Labute approximate surface area is 161 Å². The monoisotopic (exact) mass is 378 g/mol. The molecule has 0 unspecified atom stereocenters. The van der Waals surface area contributed by atoms with Crippen LogP contribution in [0.4, 0.5) is 17.1 Å². The van der Waals surface area contributed by atoms with E-state index < -0.39 is 5.97 Å². The van der Waals surface area contributed by atoms with Gasteiger partial charge in [0.25, 0.3) is 0 Å². The maximum absolute atomic E-state index is 12.1. The van der Waals surface area contributed by atoms with Gasteiger partial charge in [-0.25, -0.2) is 4.79 Å². The summed E-state index contributed by atoms with van der Waals surface area (Å²) in [4.78, 5) is 27.2. The Morgan fingerprint density at radius 2 is 1.39 bits per heavy atom. The molecule has 0 aliphatic rings. The fraction of sp³-hybridized carbons (Fsp3) is 0.100.